The van der Waals surface area contributed by atoms with Gasteiger partial charge >= 0.3 is 0 Å². The first kappa shape index (κ1) is 22.6. The predicted octanol–water partition coefficient (Wildman–Crippen LogP) is 7.35. The van der Waals surface area contributed by atoms with Crippen LogP contribution in [0.4, 0.5) is 5.69 Å². The summed E-state index contributed by atoms with van der Waals surface area (Å²) in [4.78, 5) is 0. The Morgan fingerprint density at radius 2 is 1.67 bits per heavy atom. The summed E-state index contributed by atoms with van der Waals surface area (Å²) < 4.78 is 17.9. The molecule has 0 bridgehead atoms. The van der Waals surface area contributed by atoms with Crippen LogP contribution in [-0.4, -0.2) is 13.7 Å². The van der Waals surface area contributed by atoms with E-state index in [-0.39, 0.29) is 0 Å². The van der Waals surface area contributed by atoms with E-state index in [4.69, 9.17) is 37.4 Å². The highest BCUT2D eigenvalue weighted by molar-refractivity contribution is 9.10. The molecule has 7 heteroatoms. The highest BCUT2D eigenvalue weighted by Gasteiger charge is 2.13. The summed E-state index contributed by atoms with van der Waals surface area (Å²) in [6.07, 6.45) is 0. The zero-order valence-electron chi connectivity index (χ0n) is 16.7. The van der Waals surface area contributed by atoms with Crippen LogP contribution < -0.4 is 19.5 Å². The SMILES string of the molecule is CCOc1cc(CNc2ccc(OC)c(Cl)c2)cc(Br)c1OCc1ccc(Cl)cc1. The van der Waals surface area contributed by atoms with Gasteiger partial charge in [-0.2, -0.15) is 0 Å². The number of hydrogen-bond acceptors (Lipinski definition) is 4. The van der Waals surface area contributed by atoms with E-state index < -0.39 is 0 Å². The van der Waals surface area contributed by atoms with Crippen LogP contribution in [0, 0.1) is 0 Å². The fourth-order valence-electron chi connectivity index (χ4n) is 2.84. The summed E-state index contributed by atoms with van der Waals surface area (Å²) >= 11 is 15.8. The first-order chi connectivity index (χ1) is 14.5. The van der Waals surface area contributed by atoms with Crippen LogP contribution in [0.15, 0.2) is 59.1 Å². The van der Waals surface area contributed by atoms with Crippen LogP contribution in [0.5, 0.6) is 17.2 Å². The number of methoxy groups -OCH3 is 1. The normalized spacial score (nSPS) is 10.6. The highest BCUT2D eigenvalue weighted by Crippen LogP contribution is 2.38. The summed E-state index contributed by atoms with van der Waals surface area (Å²) in [6, 6.07) is 17.2. The standard InChI is InChI=1S/C23H22BrCl2NO3/c1-3-29-22-11-16(13-27-18-8-9-21(28-2)20(26)12-18)10-19(24)23(22)30-14-15-4-6-17(25)7-5-15/h4-12,27H,3,13-14H2,1-2H3. The molecule has 3 aromatic rings. The molecular formula is C23H22BrCl2NO3. The number of rotatable bonds is 9. The van der Waals surface area contributed by atoms with Crippen LogP contribution in [-0.2, 0) is 13.2 Å². The molecule has 3 aromatic carbocycles. The van der Waals surface area contributed by atoms with Crippen molar-refractivity contribution in [1.29, 1.82) is 0 Å². The van der Waals surface area contributed by atoms with E-state index in [0.717, 1.165) is 21.3 Å². The van der Waals surface area contributed by atoms with Crippen LogP contribution in [0.3, 0.4) is 0 Å². The van der Waals surface area contributed by atoms with Crippen molar-refractivity contribution in [2.45, 2.75) is 20.1 Å². The molecule has 0 saturated heterocycles. The van der Waals surface area contributed by atoms with Crippen molar-refractivity contribution in [2.24, 2.45) is 0 Å². The van der Waals surface area contributed by atoms with Crippen molar-refractivity contribution in [1.82, 2.24) is 0 Å². The fraction of sp³-hybridized carbons (Fsp3) is 0.217. The second-order valence-corrected chi connectivity index (χ2v) is 8.15. The Balaban J connectivity index is 1.73. The molecule has 0 aliphatic rings. The Morgan fingerprint density at radius 1 is 0.900 bits per heavy atom. The molecule has 0 saturated carbocycles. The first-order valence-electron chi connectivity index (χ1n) is 9.40. The molecule has 30 heavy (non-hydrogen) atoms. The first-order valence-corrected chi connectivity index (χ1v) is 10.9. The Bertz CT molecular complexity index is 996. The van der Waals surface area contributed by atoms with Crippen molar-refractivity contribution in [3.63, 3.8) is 0 Å². The molecule has 4 nitrogen and oxygen atoms in total. The Morgan fingerprint density at radius 3 is 2.33 bits per heavy atom. The maximum atomic E-state index is 6.20. The van der Waals surface area contributed by atoms with E-state index in [1.807, 2.05) is 61.5 Å². The Labute approximate surface area is 195 Å². The number of benzene rings is 3. The molecule has 0 spiro atoms. The third-order valence-electron chi connectivity index (χ3n) is 4.31. The van der Waals surface area contributed by atoms with Crippen molar-refractivity contribution in [2.75, 3.05) is 19.0 Å². The van der Waals surface area contributed by atoms with Crippen molar-refractivity contribution in [3.05, 3.63) is 80.2 Å². The molecule has 0 heterocycles. The zero-order chi connectivity index (χ0) is 21.5. The van der Waals surface area contributed by atoms with Gasteiger partial charge in [-0.1, -0.05) is 35.3 Å². The van der Waals surface area contributed by atoms with Gasteiger partial charge in [0.05, 0.1) is 23.2 Å². The lowest BCUT2D eigenvalue weighted by molar-refractivity contribution is 0.267. The van der Waals surface area contributed by atoms with E-state index >= 15 is 0 Å². The summed E-state index contributed by atoms with van der Waals surface area (Å²) in [5, 5.41) is 4.62. The number of anilines is 1. The van der Waals surface area contributed by atoms with Gasteiger partial charge in [-0.25, -0.2) is 0 Å². The van der Waals surface area contributed by atoms with Gasteiger partial charge in [0, 0.05) is 17.3 Å². The van der Waals surface area contributed by atoms with Gasteiger partial charge in [0.2, 0.25) is 0 Å². The smallest absolute Gasteiger partial charge is 0.175 e. The molecule has 1 N–H and O–H groups in total. The number of hydrogen-bond donors (Lipinski definition) is 1. The van der Waals surface area contributed by atoms with Crippen LogP contribution in [0.2, 0.25) is 10.0 Å². The molecule has 158 valence electrons. The number of ether oxygens (including phenoxy) is 3. The predicted molar refractivity (Wildman–Crippen MR) is 126 cm³/mol. The molecule has 0 fully saturated rings. The molecule has 3 rings (SSSR count). The lowest BCUT2D eigenvalue weighted by atomic mass is 10.2. The van der Waals surface area contributed by atoms with Crippen LogP contribution >= 0.6 is 39.1 Å². The van der Waals surface area contributed by atoms with Gasteiger partial charge in [0.1, 0.15) is 12.4 Å². The van der Waals surface area contributed by atoms with E-state index in [2.05, 4.69) is 21.2 Å². The van der Waals surface area contributed by atoms with E-state index in [1.165, 1.54) is 0 Å². The molecule has 0 unspecified atom stereocenters. The van der Waals surface area contributed by atoms with Gasteiger partial charge in [0.25, 0.3) is 0 Å². The molecule has 0 aliphatic heterocycles. The third kappa shape index (κ3) is 5.97. The molecule has 0 radical (unpaired) electrons. The minimum atomic E-state index is 0.414. The Kier molecular flexibility index (Phi) is 8.14. The summed E-state index contributed by atoms with van der Waals surface area (Å²) in [5.41, 5.74) is 2.96. The van der Waals surface area contributed by atoms with E-state index in [9.17, 15) is 0 Å². The second-order valence-electron chi connectivity index (χ2n) is 6.46. The summed E-state index contributed by atoms with van der Waals surface area (Å²) in [7, 11) is 1.59. The largest absolute Gasteiger partial charge is 0.495 e. The van der Waals surface area contributed by atoms with Crippen molar-refractivity contribution in [3.8, 4) is 17.2 Å². The van der Waals surface area contributed by atoms with Gasteiger partial charge in [-0.05, 0) is 76.4 Å². The van der Waals surface area contributed by atoms with E-state index in [0.29, 0.717) is 47.1 Å². The number of nitrogens with one attached hydrogen (secondary N) is 1. The van der Waals surface area contributed by atoms with Gasteiger partial charge in [0.15, 0.2) is 11.5 Å². The molecule has 0 aliphatic carbocycles. The Hall–Kier alpha value is -2.08. The molecule has 0 atom stereocenters. The third-order valence-corrected chi connectivity index (χ3v) is 5.45. The topological polar surface area (TPSA) is 39.7 Å². The monoisotopic (exact) mass is 509 g/mol. The average Bonchev–Trinajstić information content (AvgIpc) is 2.73. The number of halogens is 3. The summed E-state index contributed by atoms with van der Waals surface area (Å²) in [5.74, 6) is 2.00. The zero-order valence-corrected chi connectivity index (χ0v) is 19.8. The highest BCUT2D eigenvalue weighted by atomic mass is 79.9. The minimum Gasteiger partial charge on any atom is -0.495 e. The van der Waals surface area contributed by atoms with Gasteiger partial charge < -0.3 is 19.5 Å². The average molecular weight is 511 g/mol. The van der Waals surface area contributed by atoms with Gasteiger partial charge in [-0.15, -0.1) is 0 Å². The maximum Gasteiger partial charge on any atom is 0.175 e. The van der Waals surface area contributed by atoms with Gasteiger partial charge in [-0.3, -0.25) is 0 Å². The lowest BCUT2D eigenvalue weighted by Crippen LogP contribution is -2.04. The van der Waals surface area contributed by atoms with Crippen molar-refractivity contribution >= 4 is 44.8 Å². The van der Waals surface area contributed by atoms with Crippen LogP contribution in [0.25, 0.3) is 0 Å². The summed E-state index contributed by atoms with van der Waals surface area (Å²) in [6.45, 7) is 3.49. The quantitative estimate of drug-likeness (QED) is 0.326. The molecule has 0 aromatic heterocycles. The molecular weight excluding hydrogens is 489 g/mol. The van der Waals surface area contributed by atoms with Crippen molar-refractivity contribution < 1.29 is 14.2 Å². The lowest BCUT2D eigenvalue weighted by Gasteiger charge is -2.16. The fourth-order valence-corrected chi connectivity index (χ4v) is 3.83. The second kappa shape index (κ2) is 10.8. The maximum absolute atomic E-state index is 6.20. The van der Waals surface area contributed by atoms with Crippen LogP contribution in [0.1, 0.15) is 18.1 Å². The van der Waals surface area contributed by atoms with E-state index in [1.54, 1.807) is 7.11 Å². The minimum absolute atomic E-state index is 0.414. The molecule has 0 amide bonds.